The SMILES string of the molecule is Cc1ccc(C(=O)N[C@@H]2COc3ccccc3N(C)C2=O)cc1C#Cc1cnc2cccnn12. The van der Waals surface area contributed by atoms with Gasteiger partial charge in [0.2, 0.25) is 0 Å². The van der Waals surface area contributed by atoms with Crippen molar-refractivity contribution in [3.8, 4) is 17.6 Å². The minimum Gasteiger partial charge on any atom is -0.489 e. The number of para-hydroxylation sites is 2. The van der Waals surface area contributed by atoms with E-state index >= 15 is 0 Å². The number of likely N-dealkylation sites (N-methyl/N-ethyl adjacent to an activating group) is 1. The number of aromatic nitrogens is 3. The van der Waals surface area contributed by atoms with Gasteiger partial charge in [-0.05, 0) is 54.8 Å². The van der Waals surface area contributed by atoms with E-state index in [1.54, 1.807) is 42.2 Å². The van der Waals surface area contributed by atoms with Gasteiger partial charge >= 0.3 is 0 Å². The van der Waals surface area contributed by atoms with Gasteiger partial charge in [0.15, 0.2) is 5.65 Å². The van der Waals surface area contributed by atoms with Crippen LogP contribution in [0.25, 0.3) is 5.65 Å². The first kappa shape index (κ1) is 21.2. The molecule has 0 unspecified atom stereocenters. The van der Waals surface area contributed by atoms with E-state index in [1.807, 2.05) is 43.3 Å². The number of aryl methyl sites for hydroxylation is 1. The monoisotopic (exact) mass is 451 g/mol. The molecule has 3 heterocycles. The highest BCUT2D eigenvalue weighted by molar-refractivity contribution is 6.03. The predicted molar refractivity (Wildman–Crippen MR) is 127 cm³/mol. The van der Waals surface area contributed by atoms with E-state index < -0.39 is 6.04 Å². The number of nitrogens with one attached hydrogen (secondary N) is 1. The number of amides is 2. The summed E-state index contributed by atoms with van der Waals surface area (Å²) in [6.45, 7) is 1.97. The van der Waals surface area contributed by atoms with E-state index in [0.29, 0.717) is 33.9 Å². The summed E-state index contributed by atoms with van der Waals surface area (Å²) < 4.78 is 7.44. The van der Waals surface area contributed by atoms with Gasteiger partial charge in [-0.25, -0.2) is 9.50 Å². The second kappa shape index (κ2) is 8.71. The molecule has 2 amide bonds. The van der Waals surface area contributed by atoms with Crippen LogP contribution in [0.5, 0.6) is 5.75 Å². The Bertz CT molecular complexity index is 1480. The quantitative estimate of drug-likeness (QED) is 0.474. The Kier molecular flexibility index (Phi) is 5.44. The number of rotatable bonds is 2. The zero-order chi connectivity index (χ0) is 23.7. The highest BCUT2D eigenvalue weighted by atomic mass is 16.5. The summed E-state index contributed by atoms with van der Waals surface area (Å²) in [5, 5.41) is 7.07. The van der Waals surface area contributed by atoms with Gasteiger partial charge in [0.25, 0.3) is 11.8 Å². The van der Waals surface area contributed by atoms with Crippen LogP contribution in [0.2, 0.25) is 0 Å². The van der Waals surface area contributed by atoms with E-state index in [9.17, 15) is 9.59 Å². The van der Waals surface area contributed by atoms with Gasteiger partial charge in [-0.3, -0.25) is 9.59 Å². The van der Waals surface area contributed by atoms with Crippen LogP contribution >= 0.6 is 0 Å². The molecule has 0 saturated carbocycles. The Morgan fingerprint density at radius 2 is 2.00 bits per heavy atom. The van der Waals surface area contributed by atoms with Crippen molar-refractivity contribution in [1.29, 1.82) is 0 Å². The lowest BCUT2D eigenvalue weighted by molar-refractivity contribution is -0.120. The molecule has 8 nitrogen and oxygen atoms in total. The summed E-state index contributed by atoms with van der Waals surface area (Å²) in [5.41, 5.74) is 4.05. The zero-order valence-electron chi connectivity index (χ0n) is 18.6. The van der Waals surface area contributed by atoms with Crippen LogP contribution in [0.1, 0.15) is 27.2 Å². The molecular weight excluding hydrogens is 430 g/mol. The second-order valence-electron chi connectivity index (χ2n) is 7.92. The van der Waals surface area contributed by atoms with Crippen LogP contribution < -0.4 is 15.0 Å². The molecule has 5 rings (SSSR count). The summed E-state index contributed by atoms with van der Waals surface area (Å²) in [6, 6.07) is 15.4. The number of carbonyl (C=O) groups is 2. The van der Waals surface area contributed by atoms with Crippen molar-refractivity contribution < 1.29 is 14.3 Å². The van der Waals surface area contributed by atoms with Gasteiger partial charge in [0, 0.05) is 24.4 Å². The number of fused-ring (bicyclic) bond motifs is 2. The molecule has 8 heteroatoms. The van der Waals surface area contributed by atoms with Gasteiger partial charge in [-0.15, -0.1) is 0 Å². The van der Waals surface area contributed by atoms with E-state index in [2.05, 4.69) is 27.2 Å². The summed E-state index contributed by atoms with van der Waals surface area (Å²) in [5.74, 6) is 6.18. The average molecular weight is 451 g/mol. The number of anilines is 1. The highest BCUT2D eigenvalue weighted by Crippen LogP contribution is 2.29. The van der Waals surface area contributed by atoms with Crippen molar-refractivity contribution in [3.05, 3.63) is 89.4 Å². The summed E-state index contributed by atoms with van der Waals surface area (Å²) in [4.78, 5) is 31.7. The van der Waals surface area contributed by atoms with Gasteiger partial charge in [-0.2, -0.15) is 5.10 Å². The van der Waals surface area contributed by atoms with E-state index in [4.69, 9.17) is 4.74 Å². The van der Waals surface area contributed by atoms with Gasteiger partial charge in [0.05, 0.1) is 11.9 Å². The fourth-order valence-electron chi connectivity index (χ4n) is 3.74. The first-order chi connectivity index (χ1) is 16.5. The number of imidazole rings is 1. The molecule has 0 bridgehead atoms. The molecule has 34 heavy (non-hydrogen) atoms. The second-order valence-corrected chi connectivity index (χ2v) is 7.92. The summed E-state index contributed by atoms with van der Waals surface area (Å²) in [6.07, 6.45) is 3.33. The maximum Gasteiger partial charge on any atom is 0.252 e. The third kappa shape index (κ3) is 3.95. The molecule has 0 saturated heterocycles. The predicted octanol–water partition coefficient (Wildman–Crippen LogP) is 2.59. The lowest BCUT2D eigenvalue weighted by atomic mass is 10.0. The zero-order valence-corrected chi connectivity index (χ0v) is 18.6. The van der Waals surface area contributed by atoms with Crippen molar-refractivity contribution in [2.75, 3.05) is 18.6 Å². The van der Waals surface area contributed by atoms with Gasteiger partial charge in [0.1, 0.15) is 24.1 Å². The summed E-state index contributed by atoms with van der Waals surface area (Å²) >= 11 is 0. The molecule has 1 aliphatic rings. The molecule has 1 atom stereocenters. The van der Waals surface area contributed by atoms with Crippen LogP contribution in [0.3, 0.4) is 0 Å². The molecule has 0 fully saturated rings. The van der Waals surface area contributed by atoms with Crippen molar-refractivity contribution in [2.24, 2.45) is 0 Å². The summed E-state index contributed by atoms with van der Waals surface area (Å²) in [7, 11) is 1.67. The Balaban J connectivity index is 1.37. The molecule has 4 aromatic rings. The average Bonchev–Trinajstić information content (AvgIpc) is 3.23. The molecule has 0 spiro atoms. The lowest BCUT2D eigenvalue weighted by Gasteiger charge is -2.20. The largest absolute Gasteiger partial charge is 0.489 e. The van der Waals surface area contributed by atoms with Crippen molar-refractivity contribution in [1.82, 2.24) is 19.9 Å². The van der Waals surface area contributed by atoms with Crippen LogP contribution in [-0.2, 0) is 4.79 Å². The van der Waals surface area contributed by atoms with Crippen LogP contribution in [-0.4, -0.2) is 46.1 Å². The fourth-order valence-corrected chi connectivity index (χ4v) is 3.74. The lowest BCUT2D eigenvalue weighted by Crippen LogP contribution is -2.49. The maximum absolute atomic E-state index is 13.0. The number of benzene rings is 2. The number of hydrogen-bond acceptors (Lipinski definition) is 5. The molecule has 0 aliphatic carbocycles. The van der Waals surface area contributed by atoms with Crippen molar-refractivity contribution >= 4 is 23.1 Å². The van der Waals surface area contributed by atoms with Gasteiger partial charge < -0.3 is 15.0 Å². The minimum atomic E-state index is -0.815. The first-order valence-electron chi connectivity index (χ1n) is 10.7. The first-order valence-corrected chi connectivity index (χ1v) is 10.7. The number of ether oxygens (including phenoxy) is 1. The Morgan fingerprint density at radius 1 is 1.15 bits per heavy atom. The molecular formula is C26H21N5O3. The molecule has 168 valence electrons. The standard InChI is InChI=1S/C26H21N5O3/c1-17-9-10-19(14-18(17)11-12-20-15-27-24-8-5-13-28-31(20)24)25(32)29-21-16-34-23-7-4-3-6-22(23)30(2)26(21)33/h3-10,13-15,21H,16H2,1-2H3,(H,29,32)/t21-/m1/s1. The molecule has 1 N–H and O–H groups in total. The molecule has 1 aliphatic heterocycles. The van der Waals surface area contributed by atoms with Gasteiger partial charge in [-0.1, -0.05) is 24.1 Å². The van der Waals surface area contributed by atoms with Crippen LogP contribution in [0.15, 0.2) is 67.0 Å². The Morgan fingerprint density at radius 3 is 2.88 bits per heavy atom. The van der Waals surface area contributed by atoms with E-state index in [-0.39, 0.29) is 18.4 Å². The molecule has 0 radical (unpaired) electrons. The third-order valence-corrected chi connectivity index (χ3v) is 5.67. The van der Waals surface area contributed by atoms with Crippen molar-refractivity contribution in [2.45, 2.75) is 13.0 Å². The third-order valence-electron chi connectivity index (χ3n) is 5.67. The smallest absolute Gasteiger partial charge is 0.252 e. The fraction of sp³-hybridized carbons (Fsp3) is 0.154. The molecule has 2 aromatic carbocycles. The normalized spacial score (nSPS) is 15.1. The topological polar surface area (TPSA) is 88.8 Å². The Hall–Kier alpha value is -4.64. The van der Waals surface area contributed by atoms with Crippen LogP contribution in [0.4, 0.5) is 5.69 Å². The Labute approximate surface area is 196 Å². The highest BCUT2D eigenvalue weighted by Gasteiger charge is 2.30. The number of carbonyl (C=O) groups excluding carboxylic acids is 2. The minimum absolute atomic E-state index is 0.0474. The van der Waals surface area contributed by atoms with E-state index in [1.165, 1.54) is 4.90 Å². The molecule has 2 aromatic heterocycles. The number of nitrogens with zero attached hydrogens (tertiary/aromatic N) is 4. The van der Waals surface area contributed by atoms with Crippen molar-refractivity contribution in [3.63, 3.8) is 0 Å². The van der Waals surface area contributed by atoms with E-state index in [0.717, 1.165) is 5.56 Å². The van der Waals surface area contributed by atoms with Crippen LogP contribution in [0, 0.1) is 18.8 Å². The number of hydrogen-bond donors (Lipinski definition) is 1. The maximum atomic E-state index is 13.0.